The lowest BCUT2D eigenvalue weighted by atomic mass is 10.1. The van der Waals surface area contributed by atoms with E-state index in [2.05, 4.69) is 25.5 Å². The summed E-state index contributed by atoms with van der Waals surface area (Å²) in [7, 11) is 0. The van der Waals surface area contributed by atoms with Crippen LogP contribution in [0.25, 0.3) is 0 Å². The molecule has 0 bridgehead atoms. The van der Waals surface area contributed by atoms with Crippen LogP contribution >= 0.6 is 0 Å². The summed E-state index contributed by atoms with van der Waals surface area (Å²) in [6.07, 6.45) is -4.46. The molecule has 1 saturated heterocycles. The van der Waals surface area contributed by atoms with Crippen molar-refractivity contribution in [2.45, 2.75) is 31.2 Å². The molecule has 38 heavy (non-hydrogen) atoms. The highest BCUT2D eigenvalue weighted by molar-refractivity contribution is 5.78. The fraction of sp³-hybridized carbons (Fsp3) is 0.524. The maximum absolute atomic E-state index is 13.3. The summed E-state index contributed by atoms with van der Waals surface area (Å²) in [5, 5.41) is 11.5. The standard InChI is InChI=1S/C21H22F6N8O3/c22-20(23,24)13-7-28-19(29-8-13)35-5-3-34(4-6-35)16(36)11-38-31-10-14(12-1-2-12)32-15-9-30-33-18(37)17(15)21(25,26)27/h7-10,12,14H,1-6,11H2,(H2,32,33,37)/b31-10+/t14-/m1/s1. The SMILES string of the molecule is O=C(CO/N=C/[C@@H](Nc1cn[nH]c(=O)c1C(F)(F)F)C1CC1)N1CCN(c2ncc(C(F)(F)F)cn2)CC1. The third kappa shape index (κ3) is 6.69. The molecular weight excluding hydrogens is 526 g/mol. The maximum Gasteiger partial charge on any atom is 0.423 e. The molecule has 17 heteroatoms. The summed E-state index contributed by atoms with van der Waals surface area (Å²) in [6.45, 7) is 0.654. The number of H-pyrrole nitrogens is 1. The number of nitrogens with zero attached hydrogens (tertiary/aromatic N) is 6. The van der Waals surface area contributed by atoms with Gasteiger partial charge in [-0.25, -0.2) is 15.1 Å². The van der Waals surface area contributed by atoms with Crippen LogP contribution in [-0.4, -0.2) is 76.0 Å². The molecule has 2 N–H and O–H groups in total. The number of oxime groups is 1. The van der Waals surface area contributed by atoms with Gasteiger partial charge in [-0.3, -0.25) is 9.59 Å². The average molecular weight is 548 g/mol. The van der Waals surface area contributed by atoms with Gasteiger partial charge in [0, 0.05) is 38.6 Å². The summed E-state index contributed by atoms with van der Waals surface area (Å²) in [6, 6.07) is -0.679. The number of nitrogens with one attached hydrogen (secondary N) is 2. The summed E-state index contributed by atoms with van der Waals surface area (Å²) in [5.41, 5.74) is -4.22. The lowest BCUT2D eigenvalue weighted by Crippen LogP contribution is -2.50. The number of hydrogen-bond acceptors (Lipinski definition) is 9. The van der Waals surface area contributed by atoms with E-state index >= 15 is 0 Å². The van der Waals surface area contributed by atoms with Crippen molar-refractivity contribution in [3.05, 3.63) is 40.1 Å². The van der Waals surface area contributed by atoms with Crippen molar-refractivity contribution in [2.75, 3.05) is 43.0 Å². The van der Waals surface area contributed by atoms with Crippen molar-refractivity contribution in [3.63, 3.8) is 0 Å². The molecule has 1 aliphatic carbocycles. The second-order valence-corrected chi connectivity index (χ2v) is 8.66. The van der Waals surface area contributed by atoms with Gasteiger partial charge in [0.15, 0.2) is 6.61 Å². The van der Waals surface area contributed by atoms with E-state index in [0.29, 0.717) is 25.5 Å². The number of hydrogen-bond donors (Lipinski definition) is 2. The molecule has 0 radical (unpaired) electrons. The minimum Gasteiger partial charge on any atom is -0.386 e. The topological polar surface area (TPSA) is 129 Å². The maximum atomic E-state index is 13.3. The molecule has 2 fully saturated rings. The Morgan fingerprint density at radius 1 is 1.11 bits per heavy atom. The van der Waals surface area contributed by atoms with Crippen LogP contribution < -0.4 is 15.8 Å². The van der Waals surface area contributed by atoms with Crippen molar-refractivity contribution < 1.29 is 36.0 Å². The van der Waals surface area contributed by atoms with E-state index < -0.39 is 53.3 Å². The highest BCUT2D eigenvalue weighted by atomic mass is 19.4. The zero-order chi connectivity index (χ0) is 27.5. The van der Waals surface area contributed by atoms with Gasteiger partial charge in [-0.15, -0.1) is 0 Å². The minimum absolute atomic E-state index is 0.0288. The average Bonchev–Trinajstić information content (AvgIpc) is 3.70. The predicted molar refractivity (Wildman–Crippen MR) is 120 cm³/mol. The number of anilines is 2. The van der Waals surface area contributed by atoms with Crippen LogP contribution in [-0.2, 0) is 22.0 Å². The molecule has 1 atom stereocenters. The van der Waals surface area contributed by atoms with Gasteiger partial charge in [-0.1, -0.05) is 5.16 Å². The van der Waals surface area contributed by atoms with Gasteiger partial charge >= 0.3 is 12.4 Å². The molecule has 3 heterocycles. The predicted octanol–water partition coefficient (Wildman–Crippen LogP) is 2.14. The Morgan fingerprint density at radius 2 is 1.76 bits per heavy atom. The fourth-order valence-corrected chi connectivity index (χ4v) is 3.78. The number of halogens is 6. The Labute approximate surface area is 210 Å². The van der Waals surface area contributed by atoms with Gasteiger partial charge < -0.3 is 20.0 Å². The third-order valence-electron chi connectivity index (χ3n) is 5.96. The summed E-state index contributed by atoms with van der Waals surface area (Å²) < 4.78 is 77.9. The van der Waals surface area contributed by atoms with Gasteiger partial charge in [0.1, 0.15) is 5.56 Å². The molecule has 0 unspecified atom stereocenters. The highest BCUT2D eigenvalue weighted by Gasteiger charge is 2.39. The van der Waals surface area contributed by atoms with E-state index in [4.69, 9.17) is 4.84 Å². The highest BCUT2D eigenvalue weighted by Crippen LogP contribution is 2.36. The summed E-state index contributed by atoms with van der Waals surface area (Å²) in [4.78, 5) is 39.8. The molecule has 2 aromatic heterocycles. The molecule has 2 aromatic rings. The van der Waals surface area contributed by atoms with E-state index in [9.17, 15) is 35.9 Å². The fourth-order valence-electron chi connectivity index (χ4n) is 3.78. The molecule has 206 valence electrons. The second-order valence-electron chi connectivity index (χ2n) is 8.66. The van der Waals surface area contributed by atoms with Crippen LogP contribution in [0.15, 0.2) is 28.5 Å². The lowest BCUT2D eigenvalue weighted by Gasteiger charge is -2.34. The van der Waals surface area contributed by atoms with Gasteiger partial charge in [-0.05, 0) is 18.8 Å². The zero-order valence-corrected chi connectivity index (χ0v) is 19.6. The molecule has 1 aliphatic heterocycles. The quantitative estimate of drug-likeness (QED) is 0.292. The van der Waals surface area contributed by atoms with Crippen LogP contribution in [0.2, 0.25) is 0 Å². The van der Waals surface area contributed by atoms with Gasteiger partial charge in [-0.2, -0.15) is 31.4 Å². The Kier molecular flexibility index (Phi) is 7.73. The monoisotopic (exact) mass is 548 g/mol. The number of rotatable bonds is 8. The van der Waals surface area contributed by atoms with E-state index in [1.807, 2.05) is 0 Å². The first-order valence-electron chi connectivity index (χ1n) is 11.4. The Hall–Kier alpha value is -3.92. The van der Waals surface area contributed by atoms with Crippen molar-refractivity contribution in [1.29, 1.82) is 0 Å². The summed E-state index contributed by atoms with van der Waals surface area (Å²) >= 11 is 0. The van der Waals surface area contributed by atoms with Crippen molar-refractivity contribution in [1.82, 2.24) is 25.1 Å². The van der Waals surface area contributed by atoms with Crippen LogP contribution in [0.5, 0.6) is 0 Å². The number of aromatic nitrogens is 4. The zero-order valence-electron chi connectivity index (χ0n) is 19.6. The molecule has 2 aliphatic rings. The third-order valence-corrected chi connectivity index (χ3v) is 5.96. The number of aromatic amines is 1. The number of piperazine rings is 1. The Bertz CT molecular complexity index is 1210. The minimum atomic E-state index is -4.89. The molecule has 11 nitrogen and oxygen atoms in total. The number of alkyl halides is 6. The normalized spacial score (nSPS) is 17.5. The van der Waals surface area contributed by atoms with Crippen molar-refractivity contribution in [3.8, 4) is 0 Å². The van der Waals surface area contributed by atoms with Crippen LogP contribution in [0.1, 0.15) is 24.0 Å². The van der Waals surface area contributed by atoms with Crippen molar-refractivity contribution >= 4 is 23.8 Å². The van der Waals surface area contributed by atoms with E-state index in [0.717, 1.165) is 19.0 Å². The number of carbonyl (C=O) groups excluding carboxylic acids is 1. The van der Waals surface area contributed by atoms with E-state index in [1.54, 1.807) is 10.00 Å². The largest absolute Gasteiger partial charge is 0.423 e. The first-order valence-corrected chi connectivity index (χ1v) is 11.4. The van der Waals surface area contributed by atoms with E-state index in [-0.39, 0.29) is 25.0 Å². The van der Waals surface area contributed by atoms with Gasteiger partial charge in [0.05, 0.1) is 29.7 Å². The van der Waals surface area contributed by atoms with Crippen LogP contribution in [0, 0.1) is 5.92 Å². The Morgan fingerprint density at radius 3 is 2.34 bits per heavy atom. The molecule has 0 aromatic carbocycles. The Balaban J connectivity index is 1.27. The lowest BCUT2D eigenvalue weighted by molar-refractivity contribution is -0.139. The van der Waals surface area contributed by atoms with E-state index in [1.165, 1.54) is 11.1 Å². The second kappa shape index (κ2) is 10.8. The number of carbonyl (C=O) groups is 1. The smallest absolute Gasteiger partial charge is 0.386 e. The van der Waals surface area contributed by atoms with Crippen LogP contribution in [0.3, 0.4) is 0 Å². The molecule has 1 amide bonds. The van der Waals surface area contributed by atoms with Crippen LogP contribution in [0.4, 0.5) is 38.0 Å². The molecule has 1 saturated carbocycles. The van der Waals surface area contributed by atoms with Crippen molar-refractivity contribution in [2.24, 2.45) is 11.1 Å². The van der Waals surface area contributed by atoms with Gasteiger partial charge in [0.2, 0.25) is 5.95 Å². The molecule has 4 rings (SSSR count). The molecular formula is C21H22F6N8O3. The van der Waals surface area contributed by atoms with Gasteiger partial charge in [0.25, 0.3) is 11.5 Å². The number of amides is 1. The summed E-state index contributed by atoms with van der Waals surface area (Å²) in [5.74, 6) is -0.308. The first-order chi connectivity index (χ1) is 17.9. The first kappa shape index (κ1) is 27.1. The molecule has 0 spiro atoms.